The van der Waals surface area contributed by atoms with E-state index in [9.17, 15) is 0 Å². The molecule has 0 aromatic heterocycles. The highest BCUT2D eigenvalue weighted by Crippen LogP contribution is 2.28. The lowest BCUT2D eigenvalue weighted by molar-refractivity contribution is 0.335. The summed E-state index contributed by atoms with van der Waals surface area (Å²) in [7, 11) is 0. The molecule has 0 spiro atoms. The van der Waals surface area contributed by atoms with Crippen LogP contribution in [0.1, 0.15) is 38.3 Å². The van der Waals surface area contributed by atoms with Gasteiger partial charge in [-0.3, -0.25) is 0 Å². The molecule has 0 radical (unpaired) electrons. The van der Waals surface area contributed by atoms with E-state index in [1.807, 2.05) is 0 Å². The molecule has 0 fully saturated rings. The van der Waals surface area contributed by atoms with E-state index in [0.29, 0.717) is 6.04 Å². The summed E-state index contributed by atoms with van der Waals surface area (Å²) in [5.74, 6) is 0. The molecule has 1 atom stereocenters. The predicted molar refractivity (Wildman–Crippen MR) is 72.8 cm³/mol. The lowest BCUT2D eigenvalue weighted by Gasteiger charge is -2.32. The first-order valence-corrected chi connectivity index (χ1v) is 6.79. The fraction of sp³-hybridized carbons (Fsp3) is 0.571. The number of benzene rings is 1. The van der Waals surface area contributed by atoms with Crippen LogP contribution in [0.5, 0.6) is 0 Å². The molecule has 1 aromatic rings. The first-order chi connectivity index (χ1) is 7.46. The van der Waals surface area contributed by atoms with E-state index in [4.69, 9.17) is 0 Å². The zero-order chi connectivity index (χ0) is 11.8. The van der Waals surface area contributed by atoms with E-state index in [1.54, 1.807) is 0 Å². The van der Waals surface area contributed by atoms with E-state index < -0.39 is 0 Å². The Labute approximate surface area is 107 Å². The van der Waals surface area contributed by atoms with Crippen molar-refractivity contribution >= 4 is 15.9 Å². The van der Waals surface area contributed by atoms with Crippen molar-refractivity contribution < 1.29 is 0 Å². The smallest absolute Gasteiger partial charge is 0.0210 e. The average Bonchev–Trinajstić information content (AvgIpc) is 2.17. The molecule has 0 saturated heterocycles. The zero-order valence-corrected chi connectivity index (χ0v) is 11.9. The van der Waals surface area contributed by atoms with Crippen molar-refractivity contribution in [3.8, 4) is 0 Å². The molecule has 0 saturated carbocycles. The molecule has 1 N–H and O–H groups in total. The number of rotatable bonds is 1. The number of fused-ring (bicyclic) bond motifs is 1. The fourth-order valence-electron chi connectivity index (χ4n) is 2.48. The first kappa shape index (κ1) is 12.1. The standard InChI is InChI=1S/C14H20BrN/c1-14(2,3)16-11-8-7-10-5-4-6-13(15)12(10)9-11/h4-6,11,16H,7-9H2,1-3H3. The Morgan fingerprint density at radius 2 is 2.06 bits per heavy atom. The van der Waals surface area contributed by atoms with Gasteiger partial charge in [0.25, 0.3) is 0 Å². The molecule has 0 aliphatic heterocycles. The van der Waals surface area contributed by atoms with Crippen molar-refractivity contribution in [2.24, 2.45) is 0 Å². The van der Waals surface area contributed by atoms with Crippen molar-refractivity contribution in [2.45, 2.75) is 51.6 Å². The van der Waals surface area contributed by atoms with Crippen LogP contribution in [-0.2, 0) is 12.8 Å². The van der Waals surface area contributed by atoms with E-state index in [-0.39, 0.29) is 5.54 Å². The normalized spacial score (nSPS) is 20.6. The second kappa shape index (κ2) is 4.50. The maximum atomic E-state index is 3.71. The van der Waals surface area contributed by atoms with Crippen LogP contribution < -0.4 is 5.32 Å². The summed E-state index contributed by atoms with van der Waals surface area (Å²) in [6.45, 7) is 6.72. The topological polar surface area (TPSA) is 12.0 Å². The highest BCUT2D eigenvalue weighted by molar-refractivity contribution is 9.10. The van der Waals surface area contributed by atoms with Gasteiger partial charge in [-0.2, -0.15) is 0 Å². The summed E-state index contributed by atoms with van der Waals surface area (Å²) in [5.41, 5.74) is 3.22. The summed E-state index contributed by atoms with van der Waals surface area (Å²) in [4.78, 5) is 0. The summed E-state index contributed by atoms with van der Waals surface area (Å²) in [5, 5.41) is 3.71. The van der Waals surface area contributed by atoms with Crippen molar-refractivity contribution in [3.63, 3.8) is 0 Å². The van der Waals surface area contributed by atoms with Gasteiger partial charge in [-0.05, 0) is 57.2 Å². The lowest BCUT2D eigenvalue weighted by atomic mass is 9.87. The molecule has 1 nitrogen and oxygen atoms in total. The maximum Gasteiger partial charge on any atom is 0.0210 e. The van der Waals surface area contributed by atoms with E-state index in [1.165, 1.54) is 28.4 Å². The Kier molecular flexibility index (Phi) is 3.41. The second-order valence-corrected chi connectivity index (χ2v) is 6.57. The molecule has 0 heterocycles. The Balaban J connectivity index is 2.14. The maximum absolute atomic E-state index is 3.71. The number of nitrogens with one attached hydrogen (secondary N) is 1. The number of hydrogen-bond acceptors (Lipinski definition) is 1. The lowest BCUT2D eigenvalue weighted by Crippen LogP contribution is -2.46. The molecule has 1 unspecified atom stereocenters. The fourth-order valence-corrected chi connectivity index (χ4v) is 3.05. The molecule has 1 aliphatic carbocycles. The Hall–Kier alpha value is -0.340. The highest BCUT2D eigenvalue weighted by Gasteiger charge is 2.23. The van der Waals surface area contributed by atoms with Crippen molar-refractivity contribution in [3.05, 3.63) is 33.8 Å². The van der Waals surface area contributed by atoms with E-state index in [2.05, 4.69) is 60.2 Å². The van der Waals surface area contributed by atoms with Crippen LogP contribution in [0.25, 0.3) is 0 Å². The van der Waals surface area contributed by atoms with Crippen LogP contribution in [-0.4, -0.2) is 11.6 Å². The average molecular weight is 282 g/mol. The minimum Gasteiger partial charge on any atom is -0.309 e. The number of hydrogen-bond donors (Lipinski definition) is 1. The summed E-state index contributed by atoms with van der Waals surface area (Å²) >= 11 is 3.66. The van der Waals surface area contributed by atoms with E-state index >= 15 is 0 Å². The van der Waals surface area contributed by atoms with Gasteiger partial charge in [0.1, 0.15) is 0 Å². The van der Waals surface area contributed by atoms with Crippen molar-refractivity contribution in [2.75, 3.05) is 0 Å². The van der Waals surface area contributed by atoms with Gasteiger partial charge in [0, 0.05) is 16.1 Å². The van der Waals surface area contributed by atoms with Crippen LogP contribution in [0, 0.1) is 0 Å². The van der Waals surface area contributed by atoms with Gasteiger partial charge in [0.2, 0.25) is 0 Å². The molecular weight excluding hydrogens is 262 g/mol. The minimum atomic E-state index is 0.212. The Bertz CT molecular complexity index is 379. The Morgan fingerprint density at radius 1 is 1.31 bits per heavy atom. The molecule has 2 rings (SSSR count). The van der Waals surface area contributed by atoms with Gasteiger partial charge in [0.15, 0.2) is 0 Å². The molecule has 0 amide bonds. The largest absolute Gasteiger partial charge is 0.309 e. The van der Waals surface area contributed by atoms with E-state index in [0.717, 1.165) is 6.42 Å². The van der Waals surface area contributed by atoms with Gasteiger partial charge in [-0.25, -0.2) is 0 Å². The zero-order valence-electron chi connectivity index (χ0n) is 10.3. The molecule has 88 valence electrons. The van der Waals surface area contributed by atoms with Gasteiger partial charge in [-0.15, -0.1) is 0 Å². The van der Waals surface area contributed by atoms with Crippen LogP contribution in [0.2, 0.25) is 0 Å². The third-order valence-corrected chi connectivity index (χ3v) is 3.81. The van der Waals surface area contributed by atoms with Crippen molar-refractivity contribution in [1.82, 2.24) is 5.32 Å². The summed E-state index contributed by atoms with van der Waals surface area (Å²) in [6.07, 6.45) is 3.59. The molecule has 0 bridgehead atoms. The first-order valence-electron chi connectivity index (χ1n) is 6.00. The predicted octanol–water partition coefficient (Wildman–Crippen LogP) is 3.69. The number of halogens is 1. The van der Waals surface area contributed by atoms with Crippen LogP contribution in [0.4, 0.5) is 0 Å². The minimum absolute atomic E-state index is 0.212. The van der Waals surface area contributed by atoms with Crippen LogP contribution in [0.15, 0.2) is 22.7 Å². The Morgan fingerprint density at radius 3 is 2.75 bits per heavy atom. The quantitative estimate of drug-likeness (QED) is 0.828. The molecule has 16 heavy (non-hydrogen) atoms. The third-order valence-electron chi connectivity index (χ3n) is 3.07. The van der Waals surface area contributed by atoms with Crippen molar-refractivity contribution in [1.29, 1.82) is 0 Å². The molecule has 1 aromatic carbocycles. The molecule has 1 aliphatic rings. The highest BCUT2D eigenvalue weighted by atomic mass is 79.9. The second-order valence-electron chi connectivity index (χ2n) is 5.71. The monoisotopic (exact) mass is 281 g/mol. The van der Waals surface area contributed by atoms with Crippen LogP contribution >= 0.6 is 15.9 Å². The molecule has 2 heteroatoms. The van der Waals surface area contributed by atoms with Gasteiger partial charge < -0.3 is 5.32 Å². The number of aryl methyl sites for hydroxylation is 1. The van der Waals surface area contributed by atoms with Crippen LogP contribution in [0.3, 0.4) is 0 Å². The third kappa shape index (κ3) is 2.86. The van der Waals surface area contributed by atoms with Gasteiger partial charge >= 0.3 is 0 Å². The summed E-state index contributed by atoms with van der Waals surface area (Å²) in [6, 6.07) is 7.16. The SMILES string of the molecule is CC(C)(C)NC1CCc2cccc(Br)c2C1. The summed E-state index contributed by atoms with van der Waals surface area (Å²) < 4.78 is 1.27. The van der Waals surface area contributed by atoms with Gasteiger partial charge in [0.05, 0.1) is 0 Å². The van der Waals surface area contributed by atoms with Gasteiger partial charge in [-0.1, -0.05) is 28.1 Å². The molecular formula is C14H20BrN.